The molecule has 0 bridgehead atoms. The molecule has 0 amide bonds. The van der Waals surface area contributed by atoms with Crippen molar-refractivity contribution < 1.29 is 14.9 Å². The lowest BCUT2D eigenvalue weighted by molar-refractivity contribution is 0.0379. The maximum absolute atomic E-state index is 10.4. The van der Waals surface area contributed by atoms with Crippen molar-refractivity contribution in [2.45, 2.75) is 32.3 Å². The fraction of sp³-hybridized carbons (Fsp3) is 0.538. The smallest absolute Gasteiger partial charge is 0.124 e. The zero-order chi connectivity index (χ0) is 12.2. The highest BCUT2D eigenvalue weighted by Crippen LogP contribution is 2.33. The second-order valence-corrected chi connectivity index (χ2v) is 4.30. The maximum atomic E-state index is 10.4. The van der Waals surface area contributed by atoms with Gasteiger partial charge in [-0.25, -0.2) is 0 Å². The minimum atomic E-state index is -0.958. The third-order valence-corrected chi connectivity index (χ3v) is 2.76. The molecule has 0 spiro atoms. The maximum Gasteiger partial charge on any atom is 0.124 e. The molecule has 3 heteroatoms. The minimum absolute atomic E-state index is 0.0876. The Morgan fingerprint density at radius 1 is 1.38 bits per heavy atom. The van der Waals surface area contributed by atoms with Crippen molar-refractivity contribution in [3.63, 3.8) is 0 Å². The molecule has 1 rings (SSSR count). The molecule has 0 saturated heterocycles. The lowest BCUT2D eigenvalue weighted by Crippen LogP contribution is -2.22. The summed E-state index contributed by atoms with van der Waals surface area (Å²) in [7, 11) is 1.59. The van der Waals surface area contributed by atoms with Crippen LogP contribution in [0.25, 0.3) is 0 Å². The Hall–Kier alpha value is -1.06. The lowest BCUT2D eigenvalue weighted by Gasteiger charge is -2.26. The van der Waals surface area contributed by atoms with Gasteiger partial charge in [-0.2, -0.15) is 0 Å². The summed E-state index contributed by atoms with van der Waals surface area (Å²) in [6.07, 6.45) is 1.09. The highest BCUT2D eigenvalue weighted by molar-refractivity contribution is 5.40. The standard InChI is InChI=1S/C13H20O3/c1-10-5-6-12(16-3)11(9-10)13(2,15)7-4-8-14/h5-6,9,14-15H,4,7-8H2,1-3H3. The Balaban J connectivity index is 3.04. The first kappa shape index (κ1) is 13.0. The van der Waals surface area contributed by atoms with Gasteiger partial charge in [-0.1, -0.05) is 11.6 Å². The molecule has 1 unspecified atom stereocenters. The summed E-state index contributed by atoms with van der Waals surface area (Å²) in [5, 5.41) is 19.2. The molecule has 0 heterocycles. The van der Waals surface area contributed by atoms with Gasteiger partial charge in [-0.3, -0.25) is 0 Å². The molecule has 1 atom stereocenters. The fourth-order valence-corrected chi connectivity index (χ4v) is 1.80. The van der Waals surface area contributed by atoms with Crippen LogP contribution >= 0.6 is 0 Å². The van der Waals surface area contributed by atoms with Gasteiger partial charge in [0, 0.05) is 12.2 Å². The Bertz CT molecular complexity index is 345. The zero-order valence-corrected chi connectivity index (χ0v) is 10.2. The molecule has 2 N–H and O–H groups in total. The van der Waals surface area contributed by atoms with Gasteiger partial charge in [0.1, 0.15) is 5.75 Å². The van der Waals surface area contributed by atoms with E-state index in [9.17, 15) is 5.11 Å². The van der Waals surface area contributed by atoms with Gasteiger partial charge in [0.05, 0.1) is 12.7 Å². The molecule has 0 radical (unpaired) electrons. The van der Waals surface area contributed by atoms with E-state index in [-0.39, 0.29) is 6.61 Å². The summed E-state index contributed by atoms with van der Waals surface area (Å²) in [5.74, 6) is 0.688. The molecule has 16 heavy (non-hydrogen) atoms. The number of aliphatic hydroxyl groups is 2. The summed E-state index contributed by atoms with van der Waals surface area (Å²) in [4.78, 5) is 0. The van der Waals surface area contributed by atoms with Crippen molar-refractivity contribution in [2.24, 2.45) is 0 Å². The van der Waals surface area contributed by atoms with Crippen LogP contribution in [0.3, 0.4) is 0 Å². The SMILES string of the molecule is COc1ccc(C)cc1C(C)(O)CCCO. The van der Waals surface area contributed by atoms with Crippen molar-refractivity contribution in [3.05, 3.63) is 29.3 Å². The highest BCUT2D eigenvalue weighted by Gasteiger charge is 2.26. The summed E-state index contributed by atoms with van der Waals surface area (Å²) in [6, 6.07) is 5.73. The number of benzene rings is 1. The van der Waals surface area contributed by atoms with Crippen molar-refractivity contribution in [1.29, 1.82) is 0 Å². The average Bonchev–Trinajstić information content (AvgIpc) is 2.26. The van der Waals surface area contributed by atoms with Gasteiger partial charge in [0.15, 0.2) is 0 Å². The molecule has 0 aliphatic carbocycles. The second-order valence-electron chi connectivity index (χ2n) is 4.30. The first-order valence-electron chi connectivity index (χ1n) is 5.49. The van der Waals surface area contributed by atoms with Crippen LogP contribution in [-0.2, 0) is 5.60 Å². The number of hydrogen-bond donors (Lipinski definition) is 2. The second kappa shape index (κ2) is 5.32. The normalized spacial score (nSPS) is 14.6. The summed E-state index contributed by atoms with van der Waals surface area (Å²) in [6.45, 7) is 3.81. The fourth-order valence-electron chi connectivity index (χ4n) is 1.80. The Morgan fingerprint density at radius 2 is 2.06 bits per heavy atom. The van der Waals surface area contributed by atoms with Crippen LogP contribution in [0.4, 0.5) is 0 Å². The van der Waals surface area contributed by atoms with E-state index in [0.717, 1.165) is 11.1 Å². The molecular weight excluding hydrogens is 204 g/mol. The third-order valence-electron chi connectivity index (χ3n) is 2.76. The van der Waals surface area contributed by atoms with Crippen LogP contribution in [0.2, 0.25) is 0 Å². The summed E-state index contributed by atoms with van der Waals surface area (Å²) >= 11 is 0. The topological polar surface area (TPSA) is 49.7 Å². The van der Waals surface area contributed by atoms with Crippen molar-refractivity contribution in [2.75, 3.05) is 13.7 Å². The molecule has 0 aromatic heterocycles. The Morgan fingerprint density at radius 3 is 2.62 bits per heavy atom. The van der Waals surface area contributed by atoms with Gasteiger partial charge in [-0.15, -0.1) is 0 Å². The van der Waals surface area contributed by atoms with E-state index in [1.54, 1.807) is 14.0 Å². The van der Waals surface area contributed by atoms with Crippen molar-refractivity contribution >= 4 is 0 Å². The summed E-state index contributed by atoms with van der Waals surface area (Å²) in [5.41, 5.74) is 0.906. The van der Waals surface area contributed by atoms with Crippen LogP contribution in [0.5, 0.6) is 5.75 Å². The van der Waals surface area contributed by atoms with Crippen LogP contribution in [0.15, 0.2) is 18.2 Å². The Kier molecular flexibility index (Phi) is 4.33. The largest absolute Gasteiger partial charge is 0.496 e. The van der Waals surface area contributed by atoms with Crippen molar-refractivity contribution in [3.8, 4) is 5.75 Å². The molecule has 0 aliphatic heterocycles. The molecule has 3 nitrogen and oxygen atoms in total. The van der Waals surface area contributed by atoms with E-state index in [4.69, 9.17) is 9.84 Å². The quantitative estimate of drug-likeness (QED) is 0.804. The molecule has 0 aliphatic rings. The van der Waals surface area contributed by atoms with E-state index in [0.29, 0.717) is 18.6 Å². The van der Waals surface area contributed by atoms with E-state index >= 15 is 0 Å². The predicted molar refractivity (Wildman–Crippen MR) is 63.6 cm³/mol. The average molecular weight is 224 g/mol. The monoisotopic (exact) mass is 224 g/mol. The predicted octanol–water partition coefficient (Wildman–Crippen LogP) is 1.98. The van der Waals surface area contributed by atoms with E-state index in [1.165, 1.54) is 0 Å². The van der Waals surface area contributed by atoms with E-state index in [1.807, 2.05) is 25.1 Å². The van der Waals surface area contributed by atoms with Gasteiger partial charge < -0.3 is 14.9 Å². The lowest BCUT2D eigenvalue weighted by atomic mass is 9.89. The third kappa shape index (κ3) is 2.97. The van der Waals surface area contributed by atoms with Crippen molar-refractivity contribution in [1.82, 2.24) is 0 Å². The zero-order valence-electron chi connectivity index (χ0n) is 10.2. The number of aliphatic hydroxyl groups excluding tert-OH is 1. The molecule has 1 aromatic rings. The highest BCUT2D eigenvalue weighted by atomic mass is 16.5. The number of rotatable bonds is 5. The molecule has 1 aromatic carbocycles. The first-order valence-corrected chi connectivity index (χ1v) is 5.49. The van der Waals surface area contributed by atoms with Gasteiger partial charge in [0.25, 0.3) is 0 Å². The van der Waals surface area contributed by atoms with E-state index < -0.39 is 5.60 Å². The Labute approximate surface area is 96.7 Å². The number of ether oxygens (including phenoxy) is 1. The number of methoxy groups -OCH3 is 1. The van der Waals surface area contributed by atoms with Crippen LogP contribution in [0.1, 0.15) is 30.9 Å². The van der Waals surface area contributed by atoms with Crippen LogP contribution in [-0.4, -0.2) is 23.9 Å². The number of aryl methyl sites for hydroxylation is 1. The van der Waals surface area contributed by atoms with E-state index in [2.05, 4.69) is 0 Å². The van der Waals surface area contributed by atoms with Gasteiger partial charge in [0.2, 0.25) is 0 Å². The van der Waals surface area contributed by atoms with Crippen LogP contribution in [0, 0.1) is 6.92 Å². The van der Waals surface area contributed by atoms with Crippen LogP contribution < -0.4 is 4.74 Å². The minimum Gasteiger partial charge on any atom is -0.496 e. The molecule has 0 fully saturated rings. The molecule has 0 saturated carbocycles. The van der Waals surface area contributed by atoms with Gasteiger partial charge in [-0.05, 0) is 38.8 Å². The molecule has 90 valence electrons. The summed E-state index contributed by atoms with van der Waals surface area (Å²) < 4.78 is 5.24. The number of hydrogen-bond acceptors (Lipinski definition) is 3. The molecular formula is C13H20O3. The first-order chi connectivity index (χ1) is 7.51. The van der Waals surface area contributed by atoms with Gasteiger partial charge >= 0.3 is 0 Å².